The van der Waals surface area contributed by atoms with Crippen molar-refractivity contribution in [2.45, 2.75) is 66.2 Å². The maximum absolute atomic E-state index is 2.36. The SMILES string of the molecule is CCCCCC(c1ccc(N(c2ccc(C)cc2)c2ccc(C)cc2)cc1)c1ccc(N(c2ccc(C)cc2)c2ccc(C)cc2)cc1. The highest BCUT2D eigenvalue weighted by molar-refractivity contribution is 5.78. The summed E-state index contributed by atoms with van der Waals surface area (Å²) in [6.07, 6.45) is 4.80. The zero-order valence-electron chi connectivity index (χ0n) is 29.2. The van der Waals surface area contributed by atoms with Gasteiger partial charge in [0.25, 0.3) is 0 Å². The first-order chi connectivity index (χ1) is 23.4. The molecular weight excluding hydrogens is 581 g/mol. The van der Waals surface area contributed by atoms with E-state index in [1.54, 1.807) is 0 Å². The van der Waals surface area contributed by atoms with Crippen molar-refractivity contribution in [2.24, 2.45) is 0 Å². The molecule has 242 valence electrons. The van der Waals surface area contributed by atoms with Gasteiger partial charge in [0.15, 0.2) is 0 Å². The van der Waals surface area contributed by atoms with E-state index in [-0.39, 0.29) is 0 Å². The molecule has 6 rings (SSSR count). The molecule has 0 spiro atoms. The number of aryl methyl sites for hydroxylation is 4. The summed E-state index contributed by atoms with van der Waals surface area (Å²) in [4.78, 5) is 4.71. The van der Waals surface area contributed by atoms with E-state index >= 15 is 0 Å². The molecule has 0 fully saturated rings. The molecule has 48 heavy (non-hydrogen) atoms. The first-order valence-electron chi connectivity index (χ1n) is 17.5. The predicted molar refractivity (Wildman–Crippen MR) is 207 cm³/mol. The van der Waals surface area contributed by atoms with E-state index in [0.29, 0.717) is 5.92 Å². The number of hydrogen-bond donors (Lipinski definition) is 0. The zero-order valence-corrected chi connectivity index (χ0v) is 29.2. The summed E-state index contributed by atoms with van der Waals surface area (Å²) in [5.41, 5.74) is 14.8. The number of rotatable bonds is 12. The van der Waals surface area contributed by atoms with Crippen molar-refractivity contribution >= 4 is 34.1 Å². The second-order valence-corrected chi connectivity index (χ2v) is 13.2. The molecule has 0 saturated heterocycles. The molecule has 0 bridgehead atoms. The highest BCUT2D eigenvalue weighted by Gasteiger charge is 2.19. The monoisotopic (exact) mass is 628 g/mol. The fraction of sp³-hybridized carbons (Fsp3) is 0.217. The normalized spacial score (nSPS) is 11.1. The van der Waals surface area contributed by atoms with Crippen LogP contribution in [0.15, 0.2) is 146 Å². The minimum atomic E-state index is 0.332. The number of nitrogens with zero attached hydrogens (tertiary/aromatic N) is 2. The van der Waals surface area contributed by atoms with Crippen molar-refractivity contribution in [3.63, 3.8) is 0 Å². The molecule has 6 aromatic carbocycles. The summed E-state index contributed by atoms with van der Waals surface area (Å²) in [5.74, 6) is 0.332. The Kier molecular flexibility index (Phi) is 10.4. The molecule has 0 atom stereocenters. The Morgan fingerprint density at radius 2 is 0.604 bits per heavy atom. The quantitative estimate of drug-likeness (QED) is 0.124. The highest BCUT2D eigenvalue weighted by Crippen LogP contribution is 2.39. The summed E-state index contributed by atoms with van der Waals surface area (Å²) in [6, 6.07) is 53.9. The number of anilines is 6. The highest BCUT2D eigenvalue weighted by atomic mass is 15.1. The van der Waals surface area contributed by atoms with Crippen LogP contribution >= 0.6 is 0 Å². The van der Waals surface area contributed by atoms with Gasteiger partial charge in [0.2, 0.25) is 0 Å². The third-order valence-electron chi connectivity index (χ3n) is 9.37. The smallest absolute Gasteiger partial charge is 0.0461 e. The maximum Gasteiger partial charge on any atom is 0.0461 e. The van der Waals surface area contributed by atoms with Gasteiger partial charge in [-0.25, -0.2) is 0 Å². The van der Waals surface area contributed by atoms with Gasteiger partial charge in [0.05, 0.1) is 0 Å². The van der Waals surface area contributed by atoms with E-state index in [0.717, 1.165) is 6.42 Å². The third kappa shape index (κ3) is 7.72. The minimum Gasteiger partial charge on any atom is -0.311 e. The third-order valence-corrected chi connectivity index (χ3v) is 9.37. The molecule has 0 N–H and O–H groups in total. The zero-order chi connectivity index (χ0) is 33.5. The van der Waals surface area contributed by atoms with Gasteiger partial charge >= 0.3 is 0 Å². The van der Waals surface area contributed by atoms with E-state index in [9.17, 15) is 0 Å². The van der Waals surface area contributed by atoms with Crippen LogP contribution in [0.2, 0.25) is 0 Å². The van der Waals surface area contributed by atoms with Crippen molar-refractivity contribution in [2.75, 3.05) is 9.80 Å². The summed E-state index contributed by atoms with van der Waals surface area (Å²) in [7, 11) is 0. The van der Waals surface area contributed by atoms with E-state index in [2.05, 4.69) is 190 Å². The van der Waals surface area contributed by atoms with E-state index in [1.165, 1.54) is 86.8 Å². The number of unbranched alkanes of at least 4 members (excludes halogenated alkanes) is 2. The van der Waals surface area contributed by atoms with Gasteiger partial charge in [-0.2, -0.15) is 0 Å². The van der Waals surface area contributed by atoms with Gasteiger partial charge in [-0.3, -0.25) is 0 Å². The minimum absolute atomic E-state index is 0.332. The lowest BCUT2D eigenvalue weighted by Crippen LogP contribution is -2.11. The first kappa shape index (κ1) is 32.8. The van der Waals surface area contributed by atoms with Crippen molar-refractivity contribution in [1.82, 2.24) is 0 Å². The van der Waals surface area contributed by atoms with Gasteiger partial charge in [-0.1, -0.05) is 121 Å². The Labute approximate surface area is 288 Å². The topological polar surface area (TPSA) is 6.48 Å². The largest absolute Gasteiger partial charge is 0.311 e. The molecule has 0 unspecified atom stereocenters. The molecule has 0 aliphatic heterocycles. The average Bonchev–Trinajstić information content (AvgIpc) is 3.11. The average molecular weight is 629 g/mol. The summed E-state index contributed by atoms with van der Waals surface area (Å²) < 4.78 is 0. The van der Waals surface area contributed by atoms with Crippen molar-refractivity contribution in [3.05, 3.63) is 179 Å². The van der Waals surface area contributed by atoms with Crippen LogP contribution in [0.3, 0.4) is 0 Å². The van der Waals surface area contributed by atoms with Crippen LogP contribution in [-0.2, 0) is 0 Å². The van der Waals surface area contributed by atoms with E-state index in [1.807, 2.05) is 0 Å². The van der Waals surface area contributed by atoms with Crippen LogP contribution in [0.25, 0.3) is 0 Å². The fourth-order valence-corrected chi connectivity index (χ4v) is 6.51. The fourth-order valence-electron chi connectivity index (χ4n) is 6.51. The Morgan fingerprint density at radius 3 is 0.854 bits per heavy atom. The van der Waals surface area contributed by atoms with Crippen LogP contribution < -0.4 is 9.80 Å². The molecule has 6 aromatic rings. The van der Waals surface area contributed by atoms with Gasteiger partial charge in [-0.05, 0) is 118 Å². The second kappa shape index (κ2) is 15.2. The lowest BCUT2D eigenvalue weighted by Gasteiger charge is -2.27. The molecule has 0 aliphatic rings. The Balaban J connectivity index is 1.33. The van der Waals surface area contributed by atoms with Crippen molar-refractivity contribution in [3.8, 4) is 0 Å². The molecule has 0 heterocycles. The Morgan fingerprint density at radius 1 is 0.354 bits per heavy atom. The number of hydrogen-bond acceptors (Lipinski definition) is 2. The van der Waals surface area contributed by atoms with Crippen LogP contribution in [0.4, 0.5) is 34.1 Å². The van der Waals surface area contributed by atoms with Gasteiger partial charge in [0, 0.05) is 40.0 Å². The van der Waals surface area contributed by atoms with Gasteiger partial charge < -0.3 is 9.80 Å². The van der Waals surface area contributed by atoms with Crippen LogP contribution in [0, 0.1) is 27.7 Å². The Bertz CT molecular complexity index is 1640. The predicted octanol–water partition coefficient (Wildman–Crippen LogP) is 13.6. The molecular formula is C46H48N2. The molecule has 0 aromatic heterocycles. The molecule has 2 heteroatoms. The van der Waals surface area contributed by atoms with Gasteiger partial charge in [-0.15, -0.1) is 0 Å². The molecule has 0 saturated carbocycles. The maximum atomic E-state index is 2.36. The summed E-state index contributed by atoms with van der Waals surface area (Å²) >= 11 is 0. The molecule has 0 amide bonds. The second-order valence-electron chi connectivity index (χ2n) is 13.2. The van der Waals surface area contributed by atoms with Gasteiger partial charge in [0.1, 0.15) is 0 Å². The number of benzene rings is 6. The molecule has 0 aliphatic carbocycles. The lowest BCUT2D eigenvalue weighted by molar-refractivity contribution is 0.618. The van der Waals surface area contributed by atoms with E-state index < -0.39 is 0 Å². The standard InChI is InChI=1S/C46H48N2/c1-6-7-8-9-46(38-18-30-44(31-19-38)47(40-22-10-34(2)11-23-40)41-24-12-35(3)13-25-41)39-20-32-45(33-21-39)48(42-26-14-36(4)15-27-42)43-28-16-37(5)17-29-43/h10-33,46H,6-9H2,1-5H3. The van der Waals surface area contributed by atoms with E-state index in [4.69, 9.17) is 0 Å². The lowest BCUT2D eigenvalue weighted by atomic mass is 9.86. The summed E-state index contributed by atoms with van der Waals surface area (Å²) in [5, 5.41) is 0. The summed E-state index contributed by atoms with van der Waals surface area (Å²) in [6.45, 7) is 10.9. The molecule has 2 nitrogen and oxygen atoms in total. The first-order valence-corrected chi connectivity index (χ1v) is 17.5. The van der Waals surface area contributed by atoms with Crippen LogP contribution in [0.1, 0.15) is 71.9 Å². The van der Waals surface area contributed by atoms with Crippen molar-refractivity contribution in [1.29, 1.82) is 0 Å². The van der Waals surface area contributed by atoms with Crippen LogP contribution in [0.5, 0.6) is 0 Å². The van der Waals surface area contributed by atoms with Crippen LogP contribution in [-0.4, -0.2) is 0 Å². The van der Waals surface area contributed by atoms with Crippen molar-refractivity contribution < 1.29 is 0 Å². The Hall–Kier alpha value is -5.08. The molecule has 0 radical (unpaired) electrons.